The van der Waals surface area contributed by atoms with Crippen LogP contribution in [0.3, 0.4) is 0 Å². The van der Waals surface area contributed by atoms with E-state index in [1.54, 1.807) is 6.92 Å². The molecule has 12 heavy (non-hydrogen) atoms. The van der Waals surface area contributed by atoms with E-state index in [2.05, 4.69) is 5.32 Å². The predicted octanol–water partition coefficient (Wildman–Crippen LogP) is 0.228. The maximum absolute atomic E-state index is 10.5. The van der Waals surface area contributed by atoms with E-state index in [9.17, 15) is 4.79 Å². The quantitative estimate of drug-likeness (QED) is 0.641. The lowest BCUT2D eigenvalue weighted by molar-refractivity contribution is -0.139. The van der Waals surface area contributed by atoms with Crippen molar-refractivity contribution in [3.63, 3.8) is 0 Å². The van der Waals surface area contributed by atoms with Gasteiger partial charge in [-0.25, -0.2) is 0 Å². The maximum atomic E-state index is 10.5. The van der Waals surface area contributed by atoms with E-state index in [-0.39, 0.29) is 0 Å². The van der Waals surface area contributed by atoms with E-state index in [1.807, 2.05) is 0 Å². The number of carbonyl (C=O) groups is 1. The minimum absolute atomic E-state index is 0.310. The molecule has 1 unspecified atom stereocenters. The lowest BCUT2D eigenvalue weighted by atomic mass is 10.1. The molecule has 0 amide bonds. The minimum Gasteiger partial charge on any atom is -0.480 e. The van der Waals surface area contributed by atoms with Crippen molar-refractivity contribution in [3.05, 3.63) is 0 Å². The molecule has 2 N–H and O–H groups in total. The molecule has 1 rings (SSSR count). The van der Waals surface area contributed by atoms with E-state index in [0.29, 0.717) is 6.04 Å². The lowest BCUT2D eigenvalue weighted by Crippen LogP contribution is -2.43. The van der Waals surface area contributed by atoms with Crippen molar-refractivity contribution in [2.24, 2.45) is 0 Å². The number of aliphatic carboxylic acids is 1. The fourth-order valence-electron chi connectivity index (χ4n) is 1.29. The summed E-state index contributed by atoms with van der Waals surface area (Å²) >= 11 is 0. The zero-order chi connectivity index (χ0) is 8.97. The molecule has 4 heteroatoms. The second-order valence-corrected chi connectivity index (χ2v) is 3.11. The molecule has 1 aliphatic rings. The molecular weight excluding hydrogens is 158 g/mol. The first-order valence-electron chi connectivity index (χ1n) is 4.26. The average molecular weight is 173 g/mol. The highest BCUT2D eigenvalue weighted by Gasteiger charge is 2.18. The molecule has 70 valence electrons. The van der Waals surface area contributed by atoms with Crippen molar-refractivity contribution in [2.45, 2.75) is 31.8 Å². The number of hydrogen-bond donors (Lipinski definition) is 2. The van der Waals surface area contributed by atoms with Crippen LogP contribution in [0.15, 0.2) is 0 Å². The molecule has 1 heterocycles. The molecule has 0 saturated carbocycles. The summed E-state index contributed by atoms with van der Waals surface area (Å²) in [6.45, 7) is 3.14. The van der Waals surface area contributed by atoms with E-state index in [0.717, 1.165) is 26.1 Å². The van der Waals surface area contributed by atoms with Crippen LogP contribution in [0.1, 0.15) is 19.8 Å². The number of hydrogen-bond acceptors (Lipinski definition) is 3. The Kier molecular flexibility index (Phi) is 3.49. The van der Waals surface area contributed by atoms with E-state index < -0.39 is 12.0 Å². The van der Waals surface area contributed by atoms with Crippen LogP contribution in [-0.2, 0) is 9.53 Å². The molecule has 0 radical (unpaired) electrons. The third kappa shape index (κ3) is 2.79. The van der Waals surface area contributed by atoms with Gasteiger partial charge in [-0.3, -0.25) is 4.79 Å². The van der Waals surface area contributed by atoms with Crippen molar-refractivity contribution >= 4 is 5.97 Å². The fourth-order valence-corrected chi connectivity index (χ4v) is 1.29. The first kappa shape index (κ1) is 9.48. The van der Waals surface area contributed by atoms with Gasteiger partial charge in [-0.05, 0) is 19.8 Å². The fraction of sp³-hybridized carbons (Fsp3) is 0.875. The molecule has 1 atom stereocenters. The van der Waals surface area contributed by atoms with Crippen LogP contribution in [0.5, 0.6) is 0 Å². The smallest absolute Gasteiger partial charge is 0.320 e. The number of carboxylic acids is 1. The molecule has 4 nitrogen and oxygen atoms in total. The Labute approximate surface area is 71.9 Å². The molecule has 0 aliphatic carbocycles. The van der Waals surface area contributed by atoms with Crippen LogP contribution >= 0.6 is 0 Å². The summed E-state index contributed by atoms with van der Waals surface area (Å²) in [6.07, 6.45) is 1.83. The average Bonchev–Trinajstić information content (AvgIpc) is 2.06. The molecule has 0 aromatic rings. The van der Waals surface area contributed by atoms with Gasteiger partial charge in [0.15, 0.2) is 0 Å². The maximum Gasteiger partial charge on any atom is 0.320 e. The zero-order valence-electron chi connectivity index (χ0n) is 7.25. The molecular formula is C8H15NO3. The summed E-state index contributed by atoms with van der Waals surface area (Å²) in [5.41, 5.74) is 0. The Morgan fingerprint density at radius 1 is 1.58 bits per heavy atom. The Bertz CT molecular complexity index is 154. The van der Waals surface area contributed by atoms with Crippen LogP contribution in [0.25, 0.3) is 0 Å². The first-order valence-corrected chi connectivity index (χ1v) is 4.26. The third-order valence-corrected chi connectivity index (χ3v) is 2.08. The highest BCUT2D eigenvalue weighted by Crippen LogP contribution is 2.06. The molecule has 0 spiro atoms. The van der Waals surface area contributed by atoms with Gasteiger partial charge in [0.05, 0.1) is 0 Å². The SMILES string of the molecule is CC(NC1CCOCC1)C(=O)O. The third-order valence-electron chi connectivity index (χ3n) is 2.08. The van der Waals surface area contributed by atoms with Gasteiger partial charge in [-0.2, -0.15) is 0 Å². The summed E-state index contributed by atoms with van der Waals surface area (Å²) in [5.74, 6) is -0.790. The Morgan fingerprint density at radius 3 is 2.67 bits per heavy atom. The van der Waals surface area contributed by atoms with Crippen LogP contribution < -0.4 is 5.32 Å². The summed E-state index contributed by atoms with van der Waals surface area (Å²) in [7, 11) is 0. The highest BCUT2D eigenvalue weighted by molar-refractivity contribution is 5.72. The number of carboxylic acid groups (broad SMARTS) is 1. The number of rotatable bonds is 3. The van der Waals surface area contributed by atoms with Gasteiger partial charge >= 0.3 is 5.97 Å². The second kappa shape index (κ2) is 4.42. The Hall–Kier alpha value is -0.610. The number of nitrogens with one attached hydrogen (secondary N) is 1. The monoisotopic (exact) mass is 173 g/mol. The van der Waals surface area contributed by atoms with Gasteiger partial charge in [-0.1, -0.05) is 0 Å². The Balaban J connectivity index is 2.24. The molecule has 0 aromatic carbocycles. The summed E-state index contributed by atoms with van der Waals surface area (Å²) in [5, 5.41) is 11.7. The Morgan fingerprint density at radius 2 is 2.17 bits per heavy atom. The van der Waals surface area contributed by atoms with E-state index in [1.165, 1.54) is 0 Å². The van der Waals surface area contributed by atoms with Crippen molar-refractivity contribution in [1.29, 1.82) is 0 Å². The zero-order valence-corrected chi connectivity index (χ0v) is 7.25. The molecule has 1 fully saturated rings. The van der Waals surface area contributed by atoms with E-state index >= 15 is 0 Å². The van der Waals surface area contributed by atoms with Gasteiger partial charge in [0.1, 0.15) is 6.04 Å². The van der Waals surface area contributed by atoms with Crippen LogP contribution in [0, 0.1) is 0 Å². The van der Waals surface area contributed by atoms with Crippen molar-refractivity contribution < 1.29 is 14.6 Å². The second-order valence-electron chi connectivity index (χ2n) is 3.11. The summed E-state index contributed by atoms with van der Waals surface area (Å²) in [4.78, 5) is 10.5. The van der Waals surface area contributed by atoms with Crippen LogP contribution in [-0.4, -0.2) is 36.4 Å². The van der Waals surface area contributed by atoms with Crippen molar-refractivity contribution in [1.82, 2.24) is 5.32 Å². The van der Waals surface area contributed by atoms with Gasteiger partial charge in [0.25, 0.3) is 0 Å². The van der Waals surface area contributed by atoms with Gasteiger partial charge in [-0.15, -0.1) is 0 Å². The first-order chi connectivity index (χ1) is 5.70. The molecule has 0 aromatic heterocycles. The summed E-state index contributed by atoms with van der Waals surface area (Å²) < 4.78 is 5.15. The van der Waals surface area contributed by atoms with Gasteiger partial charge in [0, 0.05) is 19.3 Å². The minimum atomic E-state index is -0.790. The number of ether oxygens (including phenoxy) is 1. The van der Waals surface area contributed by atoms with Crippen molar-refractivity contribution in [2.75, 3.05) is 13.2 Å². The topological polar surface area (TPSA) is 58.6 Å². The lowest BCUT2D eigenvalue weighted by Gasteiger charge is -2.24. The normalized spacial score (nSPS) is 22.1. The van der Waals surface area contributed by atoms with Gasteiger partial charge in [0.2, 0.25) is 0 Å². The largest absolute Gasteiger partial charge is 0.480 e. The van der Waals surface area contributed by atoms with Crippen LogP contribution in [0.4, 0.5) is 0 Å². The van der Waals surface area contributed by atoms with E-state index in [4.69, 9.17) is 9.84 Å². The molecule has 1 saturated heterocycles. The van der Waals surface area contributed by atoms with Gasteiger partial charge < -0.3 is 15.2 Å². The molecule has 1 aliphatic heterocycles. The van der Waals surface area contributed by atoms with Crippen LogP contribution in [0.2, 0.25) is 0 Å². The predicted molar refractivity (Wildman–Crippen MR) is 44.1 cm³/mol. The highest BCUT2D eigenvalue weighted by atomic mass is 16.5. The van der Waals surface area contributed by atoms with Crippen molar-refractivity contribution in [3.8, 4) is 0 Å². The summed E-state index contributed by atoms with van der Waals surface area (Å²) in [6, 6.07) is -0.141. The molecule has 0 bridgehead atoms. The standard InChI is InChI=1S/C8H15NO3/c1-6(8(10)11)9-7-2-4-12-5-3-7/h6-7,9H,2-5H2,1H3,(H,10,11).